The molecule has 1 aromatic heterocycles. The number of fused-ring (bicyclic) bond motifs is 1. The van der Waals surface area contributed by atoms with Crippen LogP contribution in [0.4, 0.5) is 5.69 Å². The van der Waals surface area contributed by atoms with E-state index < -0.39 is 11.8 Å². The minimum Gasteiger partial charge on any atom is -0.345 e. The molecule has 0 fully saturated rings. The van der Waals surface area contributed by atoms with Crippen LogP contribution in [0.5, 0.6) is 0 Å². The molecular formula is C17H24N4O2. The van der Waals surface area contributed by atoms with Crippen LogP contribution in [-0.4, -0.2) is 39.8 Å². The van der Waals surface area contributed by atoms with E-state index in [0.717, 1.165) is 11.0 Å². The number of carbonyl (C=O) groups excluding carboxylic acids is 2. The first-order valence-corrected chi connectivity index (χ1v) is 7.90. The highest BCUT2D eigenvalue weighted by Gasteiger charge is 2.23. The number of imidazole rings is 1. The molecule has 0 bridgehead atoms. The number of carbonyl (C=O) groups is 2. The summed E-state index contributed by atoms with van der Waals surface area (Å²) in [5, 5.41) is 2.67. The standard InChI is InChI=1S/C17H24N4O2/c1-11(2)8-21(9-12(3)4)17(23)16(22)20-13-5-6-14-15(7-13)19-10-18-14/h5-7,10-12H,8-9H2,1-4H3,(H,18,19)(H,20,22). The number of amides is 2. The summed E-state index contributed by atoms with van der Waals surface area (Å²) < 4.78 is 0. The number of aromatic amines is 1. The number of nitrogens with zero attached hydrogens (tertiary/aromatic N) is 2. The maximum Gasteiger partial charge on any atom is 0.313 e. The predicted molar refractivity (Wildman–Crippen MR) is 91.0 cm³/mol. The first-order chi connectivity index (χ1) is 10.9. The van der Waals surface area contributed by atoms with E-state index in [0.29, 0.717) is 30.6 Å². The number of hydrogen-bond donors (Lipinski definition) is 2. The van der Waals surface area contributed by atoms with Crippen LogP contribution < -0.4 is 5.32 Å². The van der Waals surface area contributed by atoms with Crippen LogP contribution >= 0.6 is 0 Å². The summed E-state index contributed by atoms with van der Waals surface area (Å²) in [6.45, 7) is 9.28. The van der Waals surface area contributed by atoms with Gasteiger partial charge in [0.15, 0.2) is 0 Å². The van der Waals surface area contributed by atoms with Crippen molar-refractivity contribution in [3.8, 4) is 0 Å². The molecule has 0 atom stereocenters. The van der Waals surface area contributed by atoms with Crippen LogP contribution in [0.25, 0.3) is 11.0 Å². The van der Waals surface area contributed by atoms with Crippen molar-refractivity contribution in [3.05, 3.63) is 24.5 Å². The molecule has 0 aliphatic heterocycles. The highest BCUT2D eigenvalue weighted by Crippen LogP contribution is 2.16. The molecule has 0 aliphatic carbocycles. The molecule has 2 N–H and O–H groups in total. The number of anilines is 1. The van der Waals surface area contributed by atoms with Crippen molar-refractivity contribution >= 4 is 28.5 Å². The normalized spacial score (nSPS) is 11.2. The van der Waals surface area contributed by atoms with Crippen molar-refractivity contribution < 1.29 is 9.59 Å². The largest absolute Gasteiger partial charge is 0.345 e. The summed E-state index contributed by atoms with van der Waals surface area (Å²) in [5.74, 6) is -0.471. The molecule has 0 spiro atoms. The van der Waals surface area contributed by atoms with E-state index in [9.17, 15) is 9.59 Å². The number of rotatable bonds is 5. The second kappa shape index (κ2) is 7.26. The van der Waals surface area contributed by atoms with Gasteiger partial charge in [-0.3, -0.25) is 9.59 Å². The number of aromatic nitrogens is 2. The van der Waals surface area contributed by atoms with Crippen molar-refractivity contribution in [3.63, 3.8) is 0 Å². The van der Waals surface area contributed by atoms with Crippen LogP contribution in [-0.2, 0) is 9.59 Å². The summed E-state index contributed by atoms with van der Waals surface area (Å²) in [5.41, 5.74) is 2.21. The van der Waals surface area contributed by atoms with Gasteiger partial charge in [0.05, 0.1) is 17.4 Å². The smallest absolute Gasteiger partial charge is 0.313 e. The van der Waals surface area contributed by atoms with Gasteiger partial charge in [0.2, 0.25) is 0 Å². The molecule has 0 unspecified atom stereocenters. The first-order valence-electron chi connectivity index (χ1n) is 7.90. The molecule has 1 aromatic carbocycles. The third kappa shape index (κ3) is 4.55. The Morgan fingerprint density at radius 3 is 2.43 bits per heavy atom. The molecule has 0 saturated heterocycles. The summed E-state index contributed by atoms with van der Waals surface area (Å²) in [6.07, 6.45) is 1.59. The lowest BCUT2D eigenvalue weighted by Gasteiger charge is -2.25. The lowest BCUT2D eigenvalue weighted by Crippen LogP contribution is -2.43. The predicted octanol–water partition coefficient (Wildman–Crippen LogP) is 2.64. The minimum absolute atomic E-state index is 0.312. The Morgan fingerprint density at radius 2 is 1.83 bits per heavy atom. The Kier molecular flexibility index (Phi) is 5.36. The van der Waals surface area contributed by atoms with Crippen molar-refractivity contribution in [2.24, 2.45) is 11.8 Å². The highest BCUT2D eigenvalue weighted by atomic mass is 16.2. The van der Waals surface area contributed by atoms with Crippen LogP contribution in [0.1, 0.15) is 27.7 Å². The molecule has 23 heavy (non-hydrogen) atoms. The van der Waals surface area contributed by atoms with E-state index in [-0.39, 0.29) is 0 Å². The van der Waals surface area contributed by atoms with Crippen LogP contribution in [0.3, 0.4) is 0 Å². The third-order valence-electron chi connectivity index (χ3n) is 3.33. The SMILES string of the molecule is CC(C)CN(CC(C)C)C(=O)C(=O)Nc1ccc2nc[nH]c2c1. The molecule has 6 heteroatoms. The second-order valence-corrected chi connectivity index (χ2v) is 6.59. The number of H-pyrrole nitrogens is 1. The maximum absolute atomic E-state index is 12.4. The summed E-state index contributed by atoms with van der Waals surface area (Å²) >= 11 is 0. The fraction of sp³-hybridized carbons (Fsp3) is 0.471. The quantitative estimate of drug-likeness (QED) is 0.832. The summed E-state index contributed by atoms with van der Waals surface area (Å²) in [4.78, 5) is 33.4. The average Bonchev–Trinajstić information content (AvgIpc) is 2.92. The third-order valence-corrected chi connectivity index (χ3v) is 3.33. The van der Waals surface area contributed by atoms with Gasteiger partial charge in [-0.15, -0.1) is 0 Å². The maximum atomic E-state index is 12.4. The summed E-state index contributed by atoms with van der Waals surface area (Å²) in [6, 6.07) is 5.30. The molecule has 1 heterocycles. The summed E-state index contributed by atoms with van der Waals surface area (Å²) in [7, 11) is 0. The fourth-order valence-corrected chi connectivity index (χ4v) is 2.46. The molecular weight excluding hydrogens is 292 g/mol. The van der Waals surface area contributed by atoms with Gasteiger partial charge in [0.25, 0.3) is 0 Å². The number of hydrogen-bond acceptors (Lipinski definition) is 3. The molecule has 0 radical (unpaired) electrons. The zero-order valence-electron chi connectivity index (χ0n) is 14.1. The van der Waals surface area contributed by atoms with Gasteiger partial charge < -0.3 is 15.2 Å². The van der Waals surface area contributed by atoms with E-state index in [4.69, 9.17) is 0 Å². The van der Waals surface area contributed by atoms with Crippen LogP contribution in [0.2, 0.25) is 0 Å². The van der Waals surface area contributed by atoms with Gasteiger partial charge >= 0.3 is 11.8 Å². The molecule has 6 nitrogen and oxygen atoms in total. The molecule has 0 aliphatic rings. The second-order valence-electron chi connectivity index (χ2n) is 6.59. The fourth-order valence-electron chi connectivity index (χ4n) is 2.46. The Labute approximate surface area is 136 Å². The van der Waals surface area contributed by atoms with E-state index in [1.165, 1.54) is 0 Å². The Morgan fingerprint density at radius 1 is 1.17 bits per heavy atom. The minimum atomic E-state index is -0.606. The monoisotopic (exact) mass is 316 g/mol. The Hall–Kier alpha value is -2.37. The molecule has 124 valence electrons. The van der Waals surface area contributed by atoms with Gasteiger partial charge in [0, 0.05) is 18.8 Å². The van der Waals surface area contributed by atoms with Gasteiger partial charge in [-0.2, -0.15) is 0 Å². The van der Waals surface area contributed by atoms with E-state index in [1.807, 2.05) is 27.7 Å². The number of benzene rings is 1. The van der Waals surface area contributed by atoms with Gasteiger partial charge in [0.1, 0.15) is 0 Å². The lowest BCUT2D eigenvalue weighted by molar-refractivity contribution is -0.143. The average molecular weight is 316 g/mol. The van der Waals surface area contributed by atoms with Crippen LogP contribution in [0, 0.1) is 11.8 Å². The zero-order valence-corrected chi connectivity index (χ0v) is 14.1. The zero-order chi connectivity index (χ0) is 17.0. The molecule has 2 amide bonds. The molecule has 2 aromatic rings. The van der Waals surface area contributed by atoms with Crippen molar-refractivity contribution in [1.29, 1.82) is 0 Å². The lowest BCUT2D eigenvalue weighted by atomic mass is 10.1. The van der Waals surface area contributed by atoms with Crippen LogP contribution in [0.15, 0.2) is 24.5 Å². The first kappa shape index (κ1) is 17.0. The van der Waals surface area contributed by atoms with Crippen molar-refractivity contribution in [1.82, 2.24) is 14.9 Å². The van der Waals surface area contributed by atoms with E-state index in [2.05, 4.69) is 15.3 Å². The van der Waals surface area contributed by atoms with Gasteiger partial charge in [-0.1, -0.05) is 27.7 Å². The topological polar surface area (TPSA) is 78.1 Å². The molecule has 0 saturated carbocycles. The Bertz CT molecular complexity index is 681. The number of nitrogens with one attached hydrogen (secondary N) is 2. The Balaban J connectivity index is 2.08. The van der Waals surface area contributed by atoms with E-state index in [1.54, 1.807) is 29.4 Å². The molecule has 2 rings (SSSR count). The van der Waals surface area contributed by atoms with Gasteiger partial charge in [-0.05, 0) is 30.0 Å². The van der Waals surface area contributed by atoms with Gasteiger partial charge in [-0.25, -0.2) is 4.98 Å². The highest BCUT2D eigenvalue weighted by molar-refractivity contribution is 6.39. The van der Waals surface area contributed by atoms with Crippen molar-refractivity contribution in [2.75, 3.05) is 18.4 Å². The van der Waals surface area contributed by atoms with Crippen molar-refractivity contribution in [2.45, 2.75) is 27.7 Å². The van der Waals surface area contributed by atoms with E-state index >= 15 is 0 Å².